The van der Waals surface area contributed by atoms with Crippen LogP contribution >= 0.6 is 0 Å². The Hall–Kier alpha value is -0.933. The largest absolute Gasteiger partial charge is 0.417 e. The summed E-state index contributed by atoms with van der Waals surface area (Å²) in [6.07, 6.45) is 15.0. The number of aldehydes is 1. The molecular weight excluding hydrogens is 276 g/mol. The van der Waals surface area contributed by atoms with Crippen LogP contribution in [0.15, 0.2) is 36.5 Å². The molecule has 0 aromatic rings. The summed E-state index contributed by atoms with van der Waals surface area (Å²) < 4.78 is 6.39. The predicted molar refractivity (Wildman–Crippen MR) is 92.8 cm³/mol. The summed E-state index contributed by atoms with van der Waals surface area (Å²) in [6, 6.07) is 0. The van der Waals surface area contributed by atoms with Gasteiger partial charge in [-0.2, -0.15) is 0 Å². The molecule has 0 spiro atoms. The zero-order valence-electron chi connectivity index (χ0n) is 14.1. The summed E-state index contributed by atoms with van der Waals surface area (Å²) in [5, 5.41) is 0.259. The van der Waals surface area contributed by atoms with Gasteiger partial charge in [-0.3, -0.25) is 4.79 Å². The third-order valence-electron chi connectivity index (χ3n) is 4.74. The molecule has 2 atom stereocenters. The topological polar surface area (TPSA) is 26.3 Å². The summed E-state index contributed by atoms with van der Waals surface area (Å²) in [4.78, 5) is 10.3. The summed E-state index contributed by atoms with van der Waals surface area (Å²) in [6.45, 7) is 12.3. The van der Waals surface area contributed by atoms with Crippen molar-refractivity contribution < 1.29 is 9.22 Å². The molecule has 0 radical (unpaired) electrons. The van der Waals surface area contributed by atoms with Crippen molar-refractivity contribution in [2.75, 3.05) is 6.61 Å². The van der Waals surface area contributed by atoms with Crippen LogP contribution in [0.3, 0.4) is 0 Å². The van der Waals surface area contributed by atoms with E-state index in [0.29, 0.717) is 11.8 Å². The molecule has 0 fully saturated rings. The lowest BCUT2D eigenvalue weighted by Gasteiger charge is -2.38. The Morgan fingerprint density at radius 3 is 2.43 bits per heavy atom. The van der Waals surface area contributed by atoms with Crippen molar-refractivity contribution in [1.29, 1.82) is 0 Å². The van der Waals surface area contributed by atoms with E-state index >= 15 is 0 Å². The van der Waals surface area contributed by atoms with E-state index in [1.165, 1.54) is 6.08 Å². The van der Waals surface area contributed by atoms with E-state index in [2.05, 4.69) is 52.1 Å². The highest BCUT2D eigenvalue weighted by atomic mass is 28.4. The molecule has 0 N–H and O–H groups in total. The smallest absolute Gasteiger partial charge is 0.191 e. The second-order valence-corrected chi connectivity index (χ2v) is 12.2. The first-order valence-electron chi connectivity index (χ1n) is 7.85. The molecule has 0 aromatic heterocycles. The lowest BCUT2D eigenvalue weighted by Crippen LogP contribution is -2.42. The molecule has 0 bridgehead atoms. The van der Waals surface area contributed by atoms with E-state index in [-0.39, 0.29) is 5.04 Å². The van der Waals surface area contributed by atoms with Gasteiger partial charge in [0.1, 0.15) is 6.29 Å². The predicted octanol–water partition coefficient (Wildman–Crippen LogP) is 4.90. The molecule has 1 rings (SSSR count). The molecule has 2 nitrogen and oxygen atoms in total. The van der Waals surface area contributed by atoms with Crippen molar-refractivity contribution in [2.24, 2.45) is 11.8 Å². The lowest BCUT2D eigenvalue weighted by atomic mass is 9.83. The molecule has 3 heteroatoms. The van der Waals surface area contributed by atoms with E-state index < -0.39 is 8.32 Å². The van der Waals surface area contributed by atoms with Crippen LogP contribution in [0.4, 0.5) is 0 Å². The van der Waals surface area contributed by atoms with Gasteiger partial charge in [-0.1, -0.05) is 51.2 Å². The number of allylic oxidation sites excluding steroid dienone is 6. The molecule has 0 unspecified atom stereocenters. The fraction of sp³-hybridized carbons (Fsp3) is 0.611. The van der Waals surface area contributed by atoms with Gasteiger partial charge in [-0.05, 0) is 48.9 Å². The van der Waals surface area contributed by atoms with Crippen molar-refractivity contribution >= 4 is 14.6 Å². The van der Waals surface area contributed by atoms with Gasteiger partial charge in [-0.25, -0.2) is 0 Å². The molecular formula is C18H30O2Si. The van der Waals surface area contributed by atoms with E-state index in [1.807, 2.05) is 6.08 Å². The van der Waals surface area contributed by atoms with Crippen molar-refractivity contribution in [2.45, 2.75) is 51.7 Å². The SMILES string of the molecule is CC(C)(C)[Si](C)(C)OC[C@@H]1CC=CC[C@H]1/C=C/C=C/C=O. The van der Waals surface area contributed by atoms with E-state index in [9.17, 15) is 4.79 Å². The lowest BCUT2D eigenvalue weighted by molar-refractivity contribution is -0.104. The monoisotopic (exact) mass is 306 g/mol. The number of carbonyl (C=O) groups excluding carboxylic acids is 1. The van der Waals surface area contributed by atoms with Gasteiger partial charge in [0, 0.05) is 6.61 Å². The second-order valence-electron chi connectivity index (χ2n) is 7.34. The van der Waals surface area contributed by atoms with Crippen LogP contribution in [0.2, 0.25) is 18.1 Å². The van der Waals surface area contributed by atoms with Crippen molar-refractivity contribution in [3.63, 3.8) is 0 Å². The van der Waals surface area contributed by atoms with Gasteiger partial charge in [0.15, 0.2) is 8.32 Å². The zero-order valence-corrected chi connectivity index (χ0v) is 15.1. The summed E-state index contributed by atoms with van der Waals surface area (Å²) in [5.41, 5.74) is 0. The van der Waals surface area contributed by atoms with Gasteiger partial charge in [0.05, 0.1) is 0 Å². The quantitative estimate of drug-likeness (QED) is 0.229. The van der Waals surface area contributed by atoms with Crippen molar-refractivity contribution in [1.82, 2.24) is 0 Å². The maximum Gasteiger partial charge on any atom is 0.191 e. The molecule has 1 aliphatic carbocycles. The number of hydrogen-bond donors (Lipinski definition) is 0. The Kier molecular flexibility index (Phi) is 6.82. The maximum absolute atomic E-state index is 10.3. The Balaban J connectivity index is 2.62. The Bertz CT molecular complexity index is 413. The van der Waals surface area contributed by atoms with Gasteiger partial charge >= 0.3 is 0 Å². The number of hydrogen-bond acceptors (Lipinski definition) is 2. The highest BCUT2D eigenvalue weighted by Crippen LogP contribution is 2.38. The van der Waals surface area contributed by atoms with Crippen LogP contribution in [-0.2, 0) is 9.22 Å². The minimum Gasteiger partial charge on any atom is -0.417 e. The Morgan fingerprint density at radius 2 is 1.81 bits per heavy atom. The molecule has 0 heterocycles. The van der Waals surface area contributed by atoms with E-state index in [4.69, 9.17) is 4.43 Å². The van der Waals surface area contributed by atoms with Crippen LogP contribution in [0, 0.1) is 11.8 Å². The van der Waals surface area contributed by atoms with Crippen molar-refractivity contribution in [3.8, 4) is 0 Å². The summed E-state index contributed by atoms with van der Waals surface area (Å²) in [7, 11) is -1.67. The molecule has 0 saturated carbocycles. The fourth-order valence-corrected chi connectivity index (χ4v) is 3.23. The number of rotatable bonds is 6. The Labute approximate surface area is 131 Å². The minimum atomic E-state index is -1.67. The fourth-order valence-electron chi connectivity index (χ4n) is 2.17. The van der Waals surface area contributed by atoms with E-state index in [1.54, 1.807) is 6.08 Å². The maximum atomic E-state index is 10.3. The second kappa shape index (κ2) is 7.90. The van der Waals surface area contributed by atoms with Crippen LogP contribution < -0.4 is 0 Å². The van der Waals surface area contributed by atoms with Crippen LogP contribution in [0.25, 0.3) is 0 Å². The summed E-state index contributed by atoms with van der Waals surface area (Å²) in [5.74, 6) is 1.06. The molecule has 0 saturated heterocycles. The average Bonchev–Trinajstić information content (AvgIpc) is 2.41. The molecule has 0 aromatic carbocycles. The van der Waals surface area contributed by atoms with E-state index in [0.717, 1.165) is 25.7 Å². The van der Waals surface area contributed by atoms with Gasteiger partial charge in [0.25, 0.3) is 0 Å². The highest BCUT2D eigenvalue weighted by Gasteiger charge is 2.38. The first-order valence-corrected chi connectivity index (χ1v) is 10.8. The van der Waals surface area contributed by atoms with Gasteiger partial charge in [0.2, 0.25) is 0 Å². The standard InChI is InChI=1S/C18H30O2Si/c1-18(2,3)21(4,5)20-15-17-13-9-8-12-16(17)11-7-6-10-14-19/h6-11,14,16-17H,12-13,15H2,1-5H3/b10-6+,11-7+/t16-,17+/m1/s1. The number of carbonyl (C=O) groups is 1. The third-order valence-corrected chi connectivity index (χ3v) is 9.24. The third kappa shape index (κ3) is 5.75. The van der Waals surface area contributed by atoms with Crippen molar-refractivity contribution in [3.05, 3.63) is 36.5 Å². The summed E-state index contributed by atoms with van der Waals surface area (Å²) >= 11 is 0. The zero-order chi connectivity index (χ0) is 15.9. The van der Waals surface area contributed by atoms with Gasteiger partial charge in [-0.15, -0.1) is 0 Å². The molecule has 21 heavy (non-hydrogen) atoms. The molecule has 0 aliphatic heterocycles. The normalized spacial score (nSPS) is 24.0. The van der Waals surface area contributed by atoms with Gasteiger partial charge < -0.3 is 4.43 Å². The molecule has 118 valence electrons. The first-order chi connectivity index (χ1) is 9.78. The van der Waals surface area contributed by atoms with Crippen LogP contribution in [0.5, 0.6) is 0 Å². The molecule has 1 aliphatic rings. The van der Waals surface area contributed by atoms with Crippen LogP contribution in [0.1, 0.15) is 33.6 Å². The van der Waals surface area contributed by atoms with Crippen LogP contribution in [-0.4, -0.2) is 21.2 Å². The first kappa shape index (κ1) is 18.1. The minimum absolute atomic E-state index is 0.259. The Morgan fingerprint density at radius 1 is 1.14 bits per heavy atom. The molecule has 0 amide bonds. The highest BCUT2D eigenvalue weighted by molar-refractivity contribution is 6.74. The average molecular weight is 307 g/mol.